The molecule has 0 spiro atoms. The number of hydrogen-bond acceptors (Lipinski definition) is 4. The van der Waals surface area contributed by atoms with Gasteiger partial charge in [0.15, 0.2) is 0 Å². The van der Waals surface area contributed by atoms with Crippen molar-refractivity contribution in [1.82, 2.24) is 9.55 Å². The summed E-state index contributed by atoms with van der Waals surface area (Å²) < 4.78 is 21.6. The van der Waals surface area contributed by atoms with Crippen LogP contribution in [0, 0.1) is 11.7 Å². The van der Waals surface area contributed by atoms with Crippen LogP contribution in [0.3, 0.4) is 0 Å². The summed E-state index contributed by atoms with van der Waals surface area (Å²) in [7, 11) is 0. The molecule has 1 aliphatic heterocycles. The van der Waals surface area contributed by atoms with Gasteiger partial charge in [-0.15, -0.1) is 0 Å². The number of halogens is 1. The Morgan fingerprint density at radius 2 is 2.23 bits per heavy atom. The summed E-state index contributed by atoms with van der Waals surface area (Å²) in [5, 5.41) is 2.67. The number of carbonyl (C=O) groups excluding carboxylic acids is 1. The maximum absolute atomic E-state index is 14.7. The van der Waals surface area contributed by atoms with Crippen LogP contribution in [0.5, 0.6) is 0 Å². The summed E-state index contributed by atoms with van der Waals surface area (Å²) in [6.45, 7) is 8.68. The van der Waals surface area contributed by atoms with Crippen molar-refractivity contribution in [1.29, 1.82) is 0 Å². The first-order valence-corrected chi connectivity index (χ1v) is 9.42. The van der Waals surface area contributed by atoms with E-state index in [9.17, 15) is 9.18 Å². The predicted molar refractivity (Wildman–Crippen MR) is 101 cm³/mol. The maximum atomic E-state index is 14.7. The summed E-state index contributed by atoms with van der Waals surface area (Å²) in [6, 6.07) is 3.33. The second-order valence-electron chi connectivity index (χ2n) is 6.92. The van der Waals surface area contributed by atoms with Gasteiger partial charge in [0.05, 0.1) is 23.3 Å². The Balaban J connectivity index is 2.01. The fourth-order valence-electron chi connectivity index (χ4n) is 3.59. The third-order valence-electron chi connectivity index (χ3n) is 4.75. The number of nitrogens with one attached hydrogen (secondary N) is 1. The van der Waals surface area contributed by atoms with Crippen LogP contribution < -0.4 is 10.2 Å². The van der Waals surface area contributed by atoms with E-state index in [0.29, 0.717) is 29.6 Å². The van der Waals surface area contributed by atoms with Gasteiger partial charge >= 0.3 is 6.09 Å². The van der Waals surface area contributed by atoms with E-state index in [-0.39, 0.29) is 12.4 Å². The lowest BCUT2D eigenvalue weighted by Crippen LogP contribution is -2.34. The predicted octanol–water partition coefficient (Wildman–Crippen LogP) is 4.39. The average molecular weight is 362 g/mol. The van der Waals surface area contributed by atoms with Crippen molar-refractivity contribution in [3.63, 3.8) is 0 Å². The fourth-order valence-corrected chi connectivity index (χ4v) is 3.59. The zero-order valence-electron chi connectivity index (χ0n) is 15.7. The van der Waals surface area contributed by atoms with Gasteiger partial charge in [-0.25, -0.2) is 14.2 Å². The third-order valence-corrected chi connectivity index (χ3v) is 4.75. The molecule has 1 N–H and O–H groups in total. The largest absolute Gasteiger partial charge is 0.450 e. The molecule has 7 heteroatoms. The Morgan fingerprint density at radius 1 is 1.42 bits per heavy atom. The molecular formula is C19H27FN4O2. The number of aromatic nitrogens is 2. The number of nitrogens with zero attached hydrogens (tertiary/aromatic N) is 3. The van der Waals surface area contributed by atoms with Gasteiger partial charge in [-0.2, -0.15) is 0 Å². The second-order valence-corrected chi connectivity index (χ2v) is 6.92. The molecule has 1 atom stereocenters. The van der Waals surface area contributed by atoms with Gasteiger partial charge in [0, 0.05) is 25.7 Å². The Hall–Kier alpha value is -2.31. The molecule has 2 aromatic rings. The highest BCUT2D eigenvalue weighted by atomic mass is 19.1. The molecular weight excluding hydrogens is 335 g/mol. The number of hydrogen-bond donors (Lipinski definition) is 1. The van der Waals surface area contributed by atoms with Crippen molar-refractivity contribution < 1.29 is 13.9 Å². The van der Waals surface area contributed by atoms with Crippen LogP contribution in [0.2, 0.25) is 0 Å². The van der Waals surface area contributed by atoms with Crippen molar-refractivity contribution in [2.45, 2.75) is 46.6 Å². The molecule has 1 amide bonds. The monoisotopic (exact) mass is 362 g/mol. The average Bonchev–Trinajstić information content (AvgIpc) is 2.91. The molecule has 0 bridgehead atoms. The number of fused-ring (bicyclic) bond motifs is 1. The Labute approximate surface area is 153 Å². The van der Waals surface area contributed by atoms with E-state index in [1.54, 1.807) is 6.92 Å². The van der Waals surface area contributed by atoms with Gasteiger partial charge in [-0.1, -0.05) is 13.8 Å². The van der Waals surface area contributed by atoms with Gasteiger partial charge in [0.2, 0.25) is 5.95 Å². The molecule has 0 radical (unpaired) electrons. The van der Waals surface area contributed by atoms with Crippen molar-refractivity contribution in [2.75, 3.05) is 29.9 Å². The van der Waals surface area contributed by atoms with Crippen LogP contribution in [-0.2, 0) is 11.3 Å². The summed E-state index contributed by atoms with van der Waals surface area (Å²) in [5.41, 5.74) is 1.98. The van der Waals surface area contributed by atoms with Crippen LogP contribution in [-0.4, -0.2) is 35.3 Å². The van der Waals surface area contributed by atoms with E-state index in [1.807, 2.05) is 10.6 Å². The Kier molecular flexibility index (Phi) is 5.64. The van der Waals surface area contributed by atoms with Crippen LogP contribution in [0.15, 0.2) is 12.1 Å². The Morgan fingerprint density at radius 3 is 2.92 bits per heavy atom. The van der Waals surface area contributed by atoms with E-state index in [1.165, 1.54) is 12.5 Å². The minimum Gasteiger partial charge on any atom is -0.450 e. The molecule has 1 aromatic heterocycles. The van der Waals surface area contributed by atoms with Crippen molar-refractivity contribution in [3.05, 3.63) is 17.9 Å². The lowest BCUT2D eigenvalue weighted by Gasteiger charge is -2.33. The highest BCUT2D eigenvalue weighted by Crippen LogP contribution is 2.31. The third kappa shape index (κ3) is 3.76. The van der Waals surface area contributed by atoms with Crippen LogP contribution in [0.4, 0.5) is 20.8 Å². The highest BCUT2D eigenvalue weighted by Gasteiger charge is 2.22. The number of amides is 1. The minimum absolute atomic E-state index is 0.268. The lowest BCUT2D eigenvalue weighted by molar-refractivity contribution is 0.167. The molecule has 1 aliphatic rings. The normalized spacial score (nSPS) is 17.5. The van der Waals surface area contributed by atoms with E-state index in [2.05, 4.69) is 29.0 Å². The quantitative estimate of drug-likeness (QED) is 0.857. The topological polar surface area (TPSA) is 59.4 Å². The van der Waals surface area contributed by atoms with Crippen molar-refractivity contribution >= 4 is 28.8 Å². The summed E-state index contributed by atoms with van der Waals surface area (Å²) in [6.07, 6.45) is 2.58. The Bertz CT molecular complexity index is 789. The number of imidazole rings is 1. The smallest absolute Gasteiger partial charge is 0.413 e. The molecule has 3 rings (SSSR count). The number of piperidine rings is 1. The number of rotatable bonds is 5. The zero-order chi connectivity index (χ0) is 18.7. The zero-order valence-corrected chi connectivity index (χ0v) is 15.7. The number of aryl methyl sites for hydroxylation is 1. The number of ether oxygens (including phenoxy) is 1. The molecule has 0 saturated carbocycles. The van der Waals surface area contributed by atoms with Crippen LogP contribution >= 0.6 is 0 Å². The molecule has 1 fully saturated rings. The molecule has 1 unspecified atom stereocenters. The van der Waals surface area contributed by atoms with Crippen LogP contribution in [0.1, 0.15) is 40.0 Å². The first-order valence-electron chi connectivity index (χ1n) is 9.42. The second kappa shape index (κ2) is 7.93. The van der Waals surface area contributed by atoms with Gasteiger partial charge in [-0.05, 0) is 38.2 Å². The maximum Gasteiger partial charge on any atom is 0.413 e. The van der Waals surface area contributed by atoms with Gasteiger partial charge in [0.25, 0.3) is 0 Å². The first-order chi connectivity index (χ1) is 12.5. The van der Waals surface area contributed by atoms with Crippen molar-refractivity contribution in [3.8, 4) is 0 Å². The number of carbonyl (C=O) groups is 1. The molecule has 1 saturated heterocycles. The van der Waals surface area contributed by atoms with E-state index in [4.69, 9.17) is 4.74 Å². The molecule has 26 heavy (non-hydrogen) atoms. The fraction of sp³-hybridized carbons (Fsp3) is 0.579. The highest BCUT2D eigenvalue weighted by molar-refractivity contribution is 5.88. The SMILES string of the molecule is CCCn1c(NC(=O)OCC)nc2cc(F)c(N3CCCC(C)C3)cc21. The van der Waals surface area contributed by atoms with E-state index >= 15 is 0 Å². The summed E-state index contributed by atoms with van der Waals surface area (Å²) >= 11 is 0. The molecule has 1 aromatic carbocycles. The van der Waals surface area contributed by atoms with Crippen LogP contribution in [0.25, 0.3) is 11.0 Å². The number of anilines is 2. The molecule has 6 nitrogen and oxygen atoms in total. The van der Waals surface area contributed by atoms with E-state index in [0.717, 1.165) is 31.4 Å². The standard InChI is InChI=1S/C19H27FN4O2/c1-4-8-24-17-11-16(23-9-6-7-13(3)12-23)14(20)10-15(17)21-18(24)22-19(25)26-5-2/h10-11,13H,4-9,12H2,1-3H3,(H,21,22,25). The summed E-state index contributed by atoms with van der Waals surface area (Å²) in [5.74, 6) is 0.680. The summed E-state index contributed by atoms with van der Waals surface area (Å²) in [4.78, 5) is 18.3. The van der Waals surface area contributed by atoms with Gasteiger partial charge in [0.1, 0.15) is 5.82 Å². The van der Waals surface area contributed by atoms with E-state index < -0.39 is 6.09 Å². The minimum atomic E-state index is -0.550. The molecule has 0 aliphatic carbocycles. The number of benzene rings is 1. The van der Waals surface area contributed by atoms with Gasteiger partial charge in [-0.3, -0.25) is 5.32 Å². The first kappa shape index (κ1) is 18.5. The van der Waals surface area contributed by atoms with Gasteiger partial charge < -0.3 is 14.2 Å². The molecule has 142 valence electrons. The van der Waals surface area contributed by atoms with Crippen molar-refractivity contribution in [2.24, 2.45) is 5.92 Å². The lowest BCUT2D eigenvalue weighted by atomic mass is 9.99. The molecule has 2 heterocycles.